The maximum absolute atomic E-state index is 15.4. The predicted molar refractivity (Wildman–Crippen MR) is 190 cm³/mol. The van der Waals surface area contributed by atoms with Gasteiger partial charge in [0.2, 0.25) is 10.0 Å². The SMILES string of the molecule is Cc1c(Nc2ccc(S(=O)(=O)N3CCN(CCCCCCCCCCC(=O)O)CC3)cc2F)nc2ccc(-c3cnn(C4CC4)c3)cn2c1=O. The van der Waals surface area contributed by atoms with E-state index < -0.39 is 21.8 Å². The summed E-state index contributed by atoms with van der Waals surface area (Å²) in [6, 6.07) is 7.84. The predicted octanol–water partition coefficient (Wildman–Crippen LogP) is 5.99. The Morgan fingerprint density at radius 3 is 2.32 bits per heavy atom. The zero-order valence-corrected chi connectivity index (χ0v) is 29.4. The first kappa shape index (κ1) is 35.7. The summed E-state index contributed by atoms with van der Waals surface area (Å²) in [7, 11) is -3.88. The van der Waals surface area contributed by atoms with Crippen molar-refractivity contribution in [3.05, 3.63) is 70.7 Å². The number of unbranched alkanes of at least 4 members (excludes halogenated alkanes) is 7. The number of nitrogens with zero attached hydrogens (tertiary/aromatic N) is 6. The summed E-state index contributed by atoms with van der Waals surface area (Å²) in [5.74, 6) is -1.29. The standard InChI is InChI=1S/C36H46FN7O5S/c1-26-35(40-33-16-11-27(24-43(33)36(26)47)28-23-38-44(25-28)29-12-13-29)39-32-15-14-30(22-31(32)37)50(48,49)42-20-18-41(19-21-42)17-9-7-5-3-2-4-6-8-10-34(45)46/h11,14-16,22-25,29,39H,2-10,12-13,17-21H2,1H3,(H,45,46). The second-order valence-corrected chi connectivity index (χ2v) is 15.4. The van der Waals surface area contributed by atoms with E-state index in [1.807, 2.05) is 16.9 Å². The molecule has 6 rings (SSSR count). The largest absolute Gasteiger partial charge is 0.481 e. The lowest BCUT2D eigenvalue weighted by molar-refractivity contribution is -0.137. The average Bonchev–Trinajstić information content (AvgIpc) is 3.84. The van der Waals surface area contributed by atoms with Gasteiger partial charge in [0.25, 0.3) is 5.56 Å². The molecule has 2 N–H and O–H groups in total. The number of halogens is 1. The Hall–Kier alpha value is -4.14. The molecule has 1 saturated carbocycles. The zero-order chi connectivity index (χ0) is 35.3. The van der Waals surface area contributed by atoms with E-state index in [-0.39, 0.29) is 28.4 Å². The topological polar surface area (TPSA) is 142 Å². The smallest absolute Gasteiger partial charge is 0.303 e. The van der Waals surface area contributed by atoms with E-state index in [1.54, 1.807) is 25.4 Å². The van der Waals surface area contributed by atoms with E-state index in [0.717, 1.165) is 87.9 Å². The van der Waals surface area contributed by atoms with Crippen molar-refractivity contribution in [1.82, 2.24) is 28.4 Å². The number of rotatable bonds is 17. The Balaban J connectivity index is 1.00. The van der Waals surface area contributed by atoms with Crippen LogP contribution in [-0.4, -0.2) is 80.6 Å². The summed E-state index contributed by atoms with van der Waals surface area (Å²) in [4.78, 5) is 30.6. The monoisotopic (exact) mass is 707 g/mol. The fourth-order valence-electron chi connectivity index (χ4n) is 6.45. The van der Waals surface area contributed by atoms with Crippen molar-refractivity contribution in [3.63, 3.8) is 0 Å². The molecule has 4 aromatic rings. The van der Waals surface area contributed by atoms with E-state index in [0.29, 0.717) is 43.4 Å². The molecule has 0 bridgehead atoms. The summed E-state index contributed by atoms with van der Waals surface area (Å²) in [5, 5.41) is 16.0. The first-order valence-electron chi connectivity index (χ1n) is 17.7. The molecular weight excluding hydrogens is 662 g/mol. The third-order valence-corrected chi connectivity index (χ3v) is 11.6. The van der Waals surface area contributed by atoms with Gasteiger partial charge in [-0.15, -0.1) is 0 Å². The molecule has 1 aliphatic heterocycles. The number of carbonyl (C=O) groups is 1. The number of fused-ring (bicyclic) bond motifs is 1. The van der Waals surface area contributed by atoms with E-state index in [4.69, 9.17) is 5.11 Å². The molecular formula is C36H46FN7O5S. The minimum Gasteiger partial charge on any atom is -0.481 e. The van der Waals surface area contributed by atoms with Gasteiger partial charge in [-0.05, 0) is 69.5 Å². The molecule has 2 aliphatic rings. The van der Waals surface area contributed by atoms with Crippen molar-refractivity contribution in [2.24, 2.45) is 0 Å². The van der Waals surface area contributed by atoms with Crippen molar-refractivity contribution in [3.8, 4) is 11.1 Å². The maximum Gasteiger partial charge on any atom is 0.303 e. The van der Waals surface area contributed by atoms with Crippen LogP contribution in [0.25, 0.3) is 16.8 Å². The quantitative estimate of drug-likeness (QED) is 0.127. The number of aromatic nitrogens is 4. The number of hydrogen-bond donors (Lipinski definition) is 2. The highest BCUT2D eigenvalue weighted by Gasteiger charge is 2.29. The normalized spacial score (nSPS) is 15.9. The second-order valence-electron chi connectivity index (χ2n) is 13.5. The van der Waals surface area contributed by atoms with E-state index >= 15 is 4.39 Å². The number of nitrogens with one attached hydrogen (secondary N) is 1. The Morgan fingerprint density at radius 2 is 1.64 bits per heavy atom. The minimum absolute atomic E-state index is 0.0235. The summed E-state index contributed by atoms with van der Waals surface area (Å²) in [6.45, 7) is 4.47. The minimum atomic E-state index is -3.88. The highest BCUT2D eigenvalue weighted by molar-refractivity contribution is 7.89. The Kier molecular flexibility index (Phi) is 11.3. The molecule has 0 spiro atoms. The Morgan fingerprint density at radius 1 is 0.940 bits per heavy atom. The number of benzene rings is 1. The molecule has 1 saturated heterocycles. The van der Waals surface area contributed by atoms with Crippen LogP contribution in [0.2, 0.25) is 0 Å². The first-order valence-corrected chi connectivity index (χ1v) is 19.1. The molecule has 0 amide bonds. The highest BCUT2D eigenvalue weighted by Crippen LogP contribution is 2.35. The first-order chi connectivity index (χ1) is 24.1. The van der Waals surface area contributed by atoms with Crippen LogP contribution in [0.15, 0.2) is 58.6 Å². The lowest BCUT2D eigenvalue weighted by atomic mass is 10.1. The number of aliphatic carboxylic acids is 1. The van der Waals surface area contributed by atoms with Gasteiger partial charge < -0.3 is 15.3 Å². The van der Waals surface area contributed by atoms with Crippen LogP contribution in [0.3, 0.4) is 0 Å². The van der Waals surface area contributed by atoms with Crippen molar-refractivity contribution < 1.29 is 22.7 Å². The zero-order valence-electron chi connectivity index (χ0n) is 28.6. The maximum atomic E-state index is 15.4. The summed E-state index contributed by atoms with van der Waals surface area (Å²) in [5.41, 5.74) is 2.16. The number of carboxylic acids is 1. The third kappa shape index (κ3) is 8.59. The molecule has 1 aliphatic carbocycles. The number of anilines is 2. The number of piperazine rings is 1. The van der Waals surface area contributed by atoms with Gasteiger partial charge in [0.05, 0.1) is 28.4 Å². The molecule has 12 nitrogen and oxygen atoms in total. The van der Waals surface area contributed by atoms with Crippen molar-refractivity contribution in [1.29, 1.82) is 0 Å². The van der Waals surface area contributed by atoms with Crippen molar-refractivity contribution in [2.75, 3.05) is 38.0 Å². The van der Waals surface area contributed by atoms with Crippen LogP contribution in [0.5, 0.6) is 0 Å². The van der Waals surface area contributed by atoms with Crippen molar-refractivity contribution in [2.45, 2.75) is 88.5 Å². The van der Waals surface area contributed by atoms with Gasteiger partial charge in [0.1, 0.15) is 17.3 Å². The molecule has 1 aromatic carbocycles. The highest BCUT2D eigenvalue weighted by atomic mass is 32.2. The molecule has 4 heterocycles. The molecule has 50 heavy (non-hydrogen) atoms. The Labute approximate surface area is 292 Å². The summed E-state index contributed by atoms with van der Waals surface area (Å²) < 4.78 is 47.1. The Bertz CT molecular complexity index is 1980. The van der Waals surface area contributed by atoms with Crippen LogP contribution in [0.1, 0.15) is 82.2 Å². The second kappa shape index (κ2) is 15.8. The fraction of sp³-hybridized carbons (Fsp3) is 0.500. The van der Waals surface area contributed by atoms with Gasteiger partial charge in [-0.25, -0.2) is 17.8 Å². The molecule has 0 unspecified atom stereocenters. The molecule has 0 radical (unpaired) electrons. The number of sulfonamides is 1. The fourth-order valence-corrected chi connectivity index (χ4v) is 7.88. The number of hydrogen-bond acceptors (Lipinski definition) is 8. The van der Waals surface area contributed by atoms with Crippen LogP contribution in [0, 0.1) is 12.7 Å². The van der Waals surface area contributed by atoms with Gasteiger partial charge in [0, 0.05) is 56.1 Å². The average molecular weight is 708 g/mol. The van der Waals surface area contributed by atoms with E-state index in [9.17, 15) is 18.0 Å². The van der Waals surface area contributed by atoms with Crippen LogP contribution < -0.4 is 10.9 Å². The van der Waals surface area contributed by atoms with E-state index in [2.05, 4.69) is 20.3 Å². The summed E-state index contributed by atoms with van der Waals surface area (Å²) in [6.07, 6.45) is 16.4. The van der Waals surface area contributed by atoms with Gasteiger partial charge in [-0.2, -0.15) is 9.40 Å². The third-order valence-electron chi connectivity index (χ3n) is 9.68. The van der Waals surface area contributed by atoms with Gasteiger partial charge in [0.15, 0.2) is 0 Å². The molecule has 2 fully saturated rings. The number of carboxylic acid groups (broad SMARTS) is 1. The van der Waals surface area contributed by atoms with Gasteiger partial charge in [-0.1, -0.05) is 38.5 Å². The molecule has 3 aromatic heterocycles. The van der Waals surface area contributed by atoms with Crippen LogP contribution >= 0.6 is 0 Å². The van der Waals surface area contributed by atoms with Crippen molar-refractivity contribution >= 4 is 33.1 Å². The molecule has 0 atom stereocenters. The van der Waals surface area contributed by atoms with E-state index in [1.165, 1.54) is 20.8 Å². The molecule has 14 heteroatoms. The molecule has 268 valence electrons. The lowest BCUT2D eigenvalue weighted by Crippen LogP contribution is -2.48. The van der Waals surface area contributed by atoms with Gasteiger partial charge >= 0.3 is 5.97 Å². The van der Waals surface area contributed by atoms with Crippen LogP contribution in [-0.2, 0) is 14.8 Å². The van der Waals surface area contributed by atoms with Gasteiger partial charge in [-0.3, -0.25) is 18.7 Å². The van der Waals surface area contributed by atoms with Crippen LogP contribution in [0.4, 0.5) is 15.9 Å². The number of pyridine rings is 1. The lowest BCUT2D eigenvalue weighted by Gasteiger charge is -2.34. The summed E-state index contributed by atoms with van der Waals surface area (Å²) >= 11 is 0.